The maximum atomic E-state index is 13.6. The van der Waals surface area contributed by atoms with Crippen molar-refractivity contribution >= 4 is 29.5 Å². The van der Waals surface area contributed by atoms with Gasteiger partial charge in [0.05, 0.1) is 18.3 Å². The van der Waals surface area contributed by atoms with Gasteiger partial charge in [0, 0.05) is 55.2 Å². The molecule has 3 aromatic heterocycles. The molecule has 0 N–H and O–H groups in total. The summed E-state index contributed by atoms with van der Waals surface area (Å²) >= 11 is 0. The van der Waals surface area contributed by atoms with Crippen molar-refractivity contribution in [3.8, 4) is 6.07 Å². The van der Waals surface area contributed by atoms with E-state index in [9.17, 15) is 18.4 Å². The number of fused-ring (bicyclic) bond motifs is 1. The van der Waals surface area contributed by atoms with Gasteiger partial charge in [-0.1, -0.05) is 12.1 Å². The van der Waals surface area contributed by atoms with Gasteiger partial charge < -0.3 is 9.30 Å². The molecule has 4 rings (SSSR count). The summed E-state index contributed by atoms with van der Waals surface area (Å²) in [5, 5.41) is 9.04. The van der Waals surface area contributed by atoms with Gasteiger partial charge in [-0.25, -0.2) is 13.8 Å². The fraction of sp³-hybridized carbons (Fsp3) is 0.261. The maximum absolute atomic E-state index is 13.6. The van der Waals surface area contributed by atoms with Gasteiger partial charge in [-0.15, -0.1) is 0 Å². The number of halogens is 2. The zero-order chi connectivity index (χ0) is 22.7. The lowest BCUT2D eigenvalue weighted by molar-refractivity contribution is -0.132. The van der Waals surface area contributed by atoms with Crippen LogP contribution < -0.4 is 0 Å². The molecule has 1 amide bonds. The van der Waals surface area contributed by atoms with E-state index < -0.39 is 30.8 Å². The Kier molecular flexibility index (Phi) is 5.77. The van der Waals surface area contributed by atoms with Crippen LogP contribution in [0, 0.1) is 11.3 Å². The van der Waals surface area contributed by atoms with Gasteiger partial charge >= 0.3 is 0 Å². The molecule has 7 nitrogen and oxygen atoms in total. The number of alkyl halides is 2. The van der Waals surface area contributed by atoms with Gasteiger partial charge in [0.15, 0.2) is 5.78 Å². The first-order valence-corrected chi connectivity index (χ1v) is 10.0. The molecule has 1 aliphatic heterocycles. The first-order chi connectivity index (χ1) is 15.4. The molecule has 1 atom stereocenters. The minimum Gasteiger partial charge on any atom is -0.320 e. The fourth-order valence-corrected chi connectivity index (χ4v) is 3.70. The van der Waals surface area contributed by atoms with Crippen LogP contribution in [0.15, 0.2) is 49.1 Å². The van der Waals surface area contributed by atoms with Crippen LogP contribution in [-0.4, -0.2) is 49.5 Å². The van der Waals surface area contributed by atoms with E-state index in [0.717, 1.165) is 10.5 Å². The number of carbonyl (C=O) groups excluding carboxylic acids is 2. The lowest BCUT2D eigenvalue weighted by Gasteiger charge is -2.18. The van der Waals surface area contributed by atoms with Crippen LogP contribution in [0.25, 0.3) is 17.8 Å². The van der Waals surface area contributed by atoms with Crippen molar-refractivity contribution in [2.24, 2.45) is 0 Å². The molecule has 0 bridgehead atoms. The van der Waals surface area contributed by atoms with E-state index in [2.05, 4.69) is 9.97 Å². The molecule has 0 spiro atoms. The molecule has 9 heteroatoms. The molecule has 1 aliphatic rings. The Bertz CT molecular complexity index is 1210. The third-order valence-corrected chi connectivity index (χ3v) is 5.27. The van der Waals surface area contributed by atoms with Crippen molar-refractivity contribution in [2.45, 2.75) is 31.2 Å². The van der Waals surface area contributed by atoms with Crippen molar-refractivity contribution in [1.29, 1.82) is 5.26 Å². The van der Waals surface area contributed by atoms with Crippen molar-refractivity contribution in [3.05, 3.63) is 65.9 Å². The Morgan fingerprint density at radius 3 is 2.88 bits per heavy atom. The summed E-state index contributed by atoms with van der Waals surface area (Å²) in [4.78, 5) is 34.5. The van der Waals surface area contributed by atoms with Crippen molar-refractivity contribution in [2.75, 3.05) is 6.54 Å². The lowest BCUT2D eigenvalue weighted by Crippen LogP contribution is -2.36. The van der Waals surface area contributed by atoms with Crippen LogP contribution in [0.3, 0.4) is 0 Å². The summed E-state index contributed by atoms with van der Waals surface area (Å²) in [6.45, 7) is -0.791. The zero-order valence-corrected chi connectivity index (χ0v) is 17.0. The average Bonchev–Trinajstić information content (AvgIpc) is 3.35. The average molecular weight is 435 g/mol. The Morgan fingerprint density at radius 1 is 1.25 bits per heavy atom. The van der Waals surface area contributed by atoms with Gasteiger partial charge in [0.2, 0.25) is 5.91 Å². The quantitative estimate of drug-likeness (QED) is 0.552. The van der Waals surface area contributed by atoms with Gasteiger partial charge in [0.25, 0.3) is 5.92 Å². The van der Waals surface area contributed by atoms with Crippen LogP contribution in [0.2, 0.25) is 0 Å². The van der Waals surface area contributed by atoms with Gasteiger partial charge in [-0.2, -0.15) is 5.26 Å². The molecule has 4 heterocycles. The number of Topliss-reactive ketones (excluding diaryl/α,β-unsaturated/α-hetero) is 1. The number of imidazole rings is 1. The second-order valence-electron chi connectivity index (χ2n) is 7.58. The summed E-state index contributed by atoms with van der Waals surface area (Å²) < 4.78 is 29.0. The Hall–Kier alpha value is -3.93. The molecule has 0 radical (unpaired) electrons. The molecule has 1 saturated heterocycles. The minimum atomic E-state index is -3.08. The van der Waals surface area contributed by atoms with Crippen LogP contribution in [0.5, 0.6) is 0 Å². The molecule has 162 valence electrons. The van der Waals surface area contributed by atoms with E-state index in [0.29, 0.717) is 16.8 Å². The number of nitriles is 1. The predicted molar refractivity (Wildman–Crippen MR) is 113 cm³/mol. The van der Waals surface area contributed by atoms with Crippen LogP contribution in [-0.2, 0) is 4.79 Å². The van der Waals surface area contributed by atoms with E-state index in [-0.39, 0.29) is 18.6 Å². The van der Waals surface area contributed by atoms with Crippen molar-refractivity contribution in [3.63, 3.8) is 0 Å². The highest BCUT2D eigenvalue weighted by atomic mass is 19.3. The third-order valence-electron chi connectivity index (χ3n) is 5.27. The summed E-state index contributed by atoms with van der Waals surface area (Å²) in [5.74, 6) is -4.02. The Labute approximate surface area is 182 Å². The summed E-state index contributed by atoms with van der Waals surface area (Å²) in [6.07, 6.45) is 9.14. The monoisotopic (exact) mass is 435 g/mol. The number of carbonyl (C=O) groups is 2. The number of amides is 1. The standard InChI is InChI=1S/C23H19F2N5O2/c24-23(25)11-18(12-26)30(15-23)22(32)7-6-20(31)19-8-9-27-13-16(19)4-5-17-14-29-10-2-1-3-21(29)28-17/h1-5,8-10,13-14,18H,6-7,11,15H2/b5-4+/t18-/m0/s1. The molecular formula is C23H19F2N5O2. The Balaban J connectivity index is 1.44. The second kappa shape index (κ2) is 8.67. The van der Waals surface area contributed by atoms with Crippen LogP contribution >= 0.6 is 0 Å². The Morgan fingerprint density at radius 2 is 2.09 bits per heavy atom. The SMILES string of the molecule is N#C[C@@H]1CC(F)(F)CN1C(=O)CCC(=O)c1ccncc1/C=C/c1cn2ccccc2n1. The number of likely N-dealkylation sites (tertiary alicyclic amines) is 1. The summed E-state index contributed by atoms with van der Waals surface area (Å²) in [6, 6.07) is 7.77. The van der Waals surface area contributed by atoms with E-state index in [4.69, 9.17) is 5.26 Å². The van der Waals surface area contributed by atoms with Crippen LogP contribution in [0.1, 0.15) is 40.9 Å². The van der Waals surface area contributed by atoms with E-state index in [1.54, 1.807) is 24.3 Å². The van der Waals surface area contributed by atoms with Gasteiger partial charge in [-0.3, -0.25) is 14.6 Å². The maximum Gasteiger partial charge on any atom is 0.268 e. The van der Waals surface area contributed by atoms with E-state index in [1.807, 2.05) is 35.0 Å². The van der Waals surface area contributed by atoms with Crippen molar-refractivity contribution < 1.29 is 18.4 Å². The zero-order valence-electron chi connectivity index (χ0n) is 17.0. The van der Waals surface area contributed by atoms with E-state index >= 15 is 0 Å². The smallest absolute Gasteiger partial charge is 0.268 e. The topological polar surface area (TPSA) is 91.4 Å². The minimum absolute atomic E-state index is 0.154. The number of hydrogen-bond donors (Lipinski definition) is 0. The highest BCUT2D eigenvalue weighted by Crippen LogP contribution is 2.32. The molecule has 32 heavy (non-hydrogen) atoms. The normalized spacial score (nSPS) is 17.7. The number of nitrogens with zero attached hydrogens (tertiary/aromatic N) is 5. The van der Waals surface area contributed by atoms with Gasteiger partial charge in [0.1, 0.15) is 11.7 Å². The molecule has 1 fully saturated rings. The first kappa shape index (κ1) is 21.3. The summed E-state index contributed by atoms with van der Waals surface area (Å²) in [7, 11) is 0. The predicted octanol–water partition coefficient (Wildman–Crippen LogP) is 3.62. The first-order valence-electron chi connectivity index (χ1n) is 10.0. The second-order valence-corrected chi connectivity index (χ2v) is 7.58. The molecular weight excluding hydrogens is 416 g/mol. The summed E-state index contributed by atoms with van der Waals surface area (Å²) in [5.41, 5.74) is 2.42. The molecule has 0 saturated carbocycles. The molecule has 0 aromatic carbocycles. The number of rotatable bonds is 6. The van der Waals surface area contributed by atoms with E-state index in [1.165, 1.54) is 12.4 Å². The number of hydrogen-bond acceptors (Lipinski definition) is 5. The number of aromatic nitrogens is 3. The largest absolute Gasteiger partial charge is 0.320 e. The van der Waals surface area contributed by atoms with Crippen molar-refractivity contribution in [1.82, 2.24) is 19.3 Å². The highest BCUT2D eigenvalue weighted by Gasteiger charge is 2.47. The molecule has 0 unspecified atom stereocenters. The number of ketones is 1. The third kappa shape index (κ3) is 4.54. The fourth-order valence-electron chi connectivity index (χ4n) is 3.70. The molecule has 0 aliphatic carbocycles. The molecule has 3 aromatic rings. The van der Waals surface area contributed by atoms with Crippen LogP contribution in [0.4, 0.5) is 8.78 Å². The lowest BCUT2D eigenvalue weighted by atomic mass is 10.0. The number of pyridine rings is 2. The highest BCUT2D eigenvalue weighted by molar-refractivity contribution is 6.01. The van der Waals surface area contributed by atoms with Gasteiger partial charge in [-0.05, 0) is 24.3 Å².